The van der Waals surface area contributed by atoms with Crippen LogP contribution in [0.4, 0.5) is 11.4 Å². The number of aliphatic hydroxyl groups excluding tert-OH is 2. The van der Waals surface area contributed by atoms with Gasteiger partial charge in [0.1, 0.15) is 0 Å². The Morgan fingerprint density at radius 3 is 1.22 bits per heavy atom. The summed E-state index contributed by atoms with van der Waals surface area (Å²) >= 11 is 9.25. The van der Waals surface area contributed by atoms with Crippen molar-refractivity contribution in [3.05, 3.63) is 109 Å². The molecule has 37 heavy (non-hydrogen) atoms. The molecule has 0 unspecified atom stereocenters. The normalized spacial score (nSPS) is 10.5. The van der Waals surface area contributed by atoms with Crippen molar-refractivity contribution in [3.8, 4) is 0 Å². The van der Waals surface area contributed by atoms with E-state index in [2.05, 4.69) is 78.6 Å². The molecule has 0 saturated heterocycles. The van der Waals surface area contributed by atoms with Gasteiger partial charge >= 0.3 is 51.4 Å². The van der Waals surface area contributed by atoms with Crippen molar-refractivity contribution in [1.29, 1.82) is 0 Å². The summed E-state index contributed by atoms with van der Waals surface area (Å²) in [5, 5.41) is 26.6. The van der Waals surface area contributed by atoms with Crippen LogP contribution in [0.25, 0.3) is 43.1 Å². The van der Waals surface area contributed by atoms with Crippen LogP contribution in [-0.4, -0.2) is 71.9 Å². The third kappa shape index (κ3) is 5.78. The van der Waals surface area contributed by atoms with Crippen LogP contribution in [0.15, 0.2) is 109 Å². The fraction of sp³-hybridized carbons (Fsp3) is 0. The van der Waals surface area contributed by atoms with E-state index >= 15 is 0 Å². The molecule has 7 heteroatoms. The molecule has 0 amide bonds. The third-order valence-electron chi connectivity index (χ3n) is 6.12. The zero-order valence-corrected chi connectivity index (χ0v) is 20.8. The summed E-state index contributed by atoms with van der Waals surface area (Å²) in [7, 11) is 0. The van der Waals surface area contributed by atoms with Crippen molar-refractivity contribution in [3.63, 3.8) is 0 Å². The van der Waals surface area contributed by atoms with E-state index in [-0.39, 0.29) is 56.6 Å². The van der Waals surface area contributed by atoms with E-state index < -0.39 is 5.17 Å². The monoisotopic (exact) mass is 546 g/mol. The molecule has 0 aliphatic rings. The number of fused-ring (bicyclic) bond motifs is 4. The zero-order chi connectivity index (χ0) is 25.2. The van der Waals surface area contributed by atoms with Gasteiger partial charge in [0.2, 0.25) is 0 Å². The fourth-order valence-electron chi connectivity index (χ4n) is 4.63. The van der Waals surface area contributed by atoms with E-state index in [9.17, 15) is 5.11 Å². The van der Waals surface area contributed by atoms with Crippen LogP contribution in [-0.2, 0) is 0 Å². The quantitative estimate of drug-likeness (QED) is 0.119. The van der Waals surface area contributed by atoms with Crippen molar-refractivity contribution in [2.24, 2.45) is 5.73 Å². The zero-order valence-electron chi connectivity index (χ0n) is 19.1. The second-order valence-corrected chi connectivity index (χ2v) is 9.13. The molecule has 0 spiro atoms. The molecule has 0 saturated carbocycles. The summed E-state index contributed by atoms with van der Waals surface area (Å²) in [5.41, 5.74) is 6.12. The Balaban J connectivity index is 0.000000599. The molecular weight excluding hydrogens is 524 g/mol. The molecular formula is C30H23KN2O2S2. The van der Waals surface area contributed by atoms with E-state index in [4.69, 9.17) is 17.3 Å². The molecule has 0 aliphatic heterocycles. The van der Waals surface area contributed by atoms with Gasteiger partial charge in [-0.15, -0.1) is 0 Å². The van der Waals surface area contributed by atoms with Crippen LogP contribution in [0.5, 0.6) is 0 Å². The second kappa shape index (κ2) is 11.8. The molecule has 0 atom stereocenters. The van der Waals surface area contributed by atoms with Gasteiger partial charge < -0.3 is 15.9 Å². The van der Waals surface area contributed by atoms with Gasteiger partial charge in [-0.2, -0.15) is 0 Å². The number of benzene rings is 6. The number of nitrogens with zero attached hydrogens (tertiary/aromatic N) is 1. The van der Waals surface area contributed by atoms with Gasteiger partial charge in [-0.1, -0.05) is 72.8 Å². The Bertz CT molecular complexity index is 1670. The standard InChI is InChI=1S/C29H19NOS.CH3NOS.K.H/c31-29(32)30(27-13-5-11-23-15-19-7-1-3-9-21(19)17-25(23)27)28-14-6-12-24-16-20-8-2-4-10-22(20)18-26(24)28;2-1(3)4;;/h1-18H,(H,31,32);(H3,2,3,4);;. The van der Waals surface area contributed by atoms with Gasteiger partial charge in [0.05, 0.1) is 11.4 Å². The SMILES string of the molecule is NC(O)=S.OC(=S)N(c1cccc2cc3ccccc3cc12)c1cccc2cc3ccccc3cc12.[KH]. The molecule has 0 aromatic heterocycles. The van der Waals surface area contributed by atoms with Crippen LogP contribution >= 0.6 is 24.4 Å². The van der Waals surface area contributed by atoms with Crippen LogP contribution < -0.4 is 10.6 Å². The molecule has 6 rings (SSSR count). The molecule has 6 aromatic rings. The van der Waals surface area contributed by atoms with Crippen LogP contribution in [0.1, 0.15) is 0 Å². The van der Waals surface area contributed by atoms with Crippen LogP contribution in [0.3, 0.4) is 0 Å². The maximum atomic E-state index is 10.7. The summed E-state index contributed by atoms with van der Waals surface area (Å²) < 4.78 is 0. The number of rotatable bonds is 2. The Labute approximate surface area is 267 Å². The molecule has 0 fully saturated rings. The Hall–Kier alpha value is -2.62. The minimum absolute atomic E-state index is 0. The van der Waals surface area contributed by atoms with E-state index in [1.807, 2.05) is 48.5 Å². The van der Waals surface area contributed by atoms with Crippen molar-refractivity contribution < 1.29 is 10.2 Å². The molecule has 4 N–H and O–H groups in total. The summed E-state index contributed by atoms with van der Waals surface area (Å²) in [6, 6.07) is 37.6. The second-order valence-electron chi connectivity index (χ2n) is 8.35. The average Bonchev–Trinajstić information content (AvgIpc) is 2.86. The van der Waals surface area contributed by atoms with Crippen molar-refractivity contribution in [2.45, 2.75) is 0 Å². The summed E-state index contributed by atoms with van der Waals surface area (Å²) in [6.07, 6.45) is 0. The molecule has 178 valence electrons. The van der Waals surface area contributed by atoms with Crippen molar-refractivity contribution >= 4 is 141 Å². The Kier molecular flexibility index (Phi) is 8.77. The first-order valence-corrected chi connectivity index (χ1v) is 12.1. The van der Waals surface area contributed by atoms with Crippen LogP contribution in [0, 0.1) is 0 Å². The van der Waals surface area contributed by atoms with Gasteiger partial charge in [-0.25, -0.2) is 0 Å². The molecule has 0 heterocycles. The first-order chi connectivity index (χ1) is 17.4. The topological polar surface area (TPSA) is 69.7 Å². The minimum atomic E-state index is -0.500. The van der Waals surface area contributed by atoms with Gasteiger partial charge in [0, 0.05) is 10.8 Å². The fourth-order valence-corrected chi connectivity index (χ4v) is 4.82. The molecule has 0 bridgehead atoms. The molecule has 4 nitrogen and oxygen atoms in total. The van der Waals surface area contributed by atoms with E-state index in [1.54, 1.807) is 4.90 Å². The number of aliphatic hydroxyl groups is 2. The van der Waals surface area contributed by atoms with Crippen LogP contribution in [0.2, 0.25) is 0 Å². The molecule has 0 radical (unpaired) electrons. The van der Waals surface area contributed by atoms with Gasteiger partial charge in [0.15, 0.2) is 0 Å². The Morgan fingerprint density at radius 2 is 0.865 bits per heavy atom. The number of hydrogen-bond donors (Lipinski definition) is 3. The summed E-state index contributed by atoms with van der Waals surface area (Å²) in [6.45, 7) is 0. The number of anilines is 2. The average molecular weight is 547 g/mol. The maximum absolute atomic E-state index is 10.7. The van der Waals surface area contributed by atoms with E-state index in [1.165, 1.54) is 10.8 Å². The summed E-state index contributed by atoms with van der Waals surface area (Å²) in [5.74, 6) is 0. The number of thiocarbonyl (C=S) groups is 2. The third-order valence-corrected chi connectivity index (χ3v) is 6.30. The van der Waals surface area contributed by atoms with Gasteiger partial charge in [-0.05, 0) is 93.2 Å². The van der Waals surface area contributed by atoms with Gasteiger partial charge in [-0.3, -0.25) is 4.90 Å². The predicted octanol–water partition coefficient (Wildman–Crippen LogP) is 7.42. The van der Waals surface area contributed by atoms with E-state index in [0.29, 0.717) is 0 Å². The number of nitrogens with two attached hydrogens (primary N) is 1. The van der Waals surface area contributed by atoms with E-state index in [0.717, 1.165) is 43.7 Å². The first kappa shape index (κ1) is 27.4. The van der Waals surface area contributed by atoms with Crippen molar-refractivity contribution in [2.75, 3.05) is 4.90 Å². The number of hydrogen-bond acceptors (Lipinski definition) is 2. The first-order valence-electron chi connectivity index (χ1n) is 11.3. The predicted molar refractivity (Wildman–Crippen MR) is 167 cm³/mol. The molecule has 0 aliphatic carbocycles. The Morgan fingerprint density at radius 1 is 0.541 bits per heavy atom. The van der Waals surface area contributed by atoms with Gasteiger partial charge in [0.25, 0.3) is 10.3 Å². The molecule has 6 aromatic carbocycles. The summed E-state index contributed by atoms with van der Waals surface area (Å²) in [4.78, 5) is 1.78. The van der Waals surface area contributed by atoms with Crippen molar-refractivity contribution in [1.82, 2.24) is 0 Å².